The molecule has 0 aliphatic carbocycles. The highest BCUT2D eigenvalue weighted by Crippen LogP contribution is 2.18. The van der Waals surface area contributed by atoms with Crippen molar-refractivity contribution in [2.75, 3.05) is 20.2 Å². The van der Waals surface area contributed by atoms with Crippen molar-refractivity contribution in [1.29, 1.82) is 0 Å². The van der Waals surface area contributed by atoms with Gasteiger partial charge >= 0.3 is 6.18 Å². The minimum atomic E-state index is -4.23. The van der Waals surface area contributed by atoms with Crippen molar-refractivity contribution in [3.05, 3.63) is 29.8 Å². The topological polar surface area (TPSA) is 45.7 Å². The Hall–Kier alpha value is -2.06. The number of benzene rings is 1. The van der Waals surface area contributed by atoms with Gasteiger partial charge in [0.15, 0.2) is 5.96 Å². The Balaban J connectivity index is 2.44. The highest BCUT2D eigenvalue weighted by atomic mass is 19.4. The molecule has 0 aliphatic heterocycles. The van der Waals surface area contributed by atoms with Crippen LogP contribution in [0.1, 0.15) is 12.0 Å². The molecule has 1 aromatic rings. The molecule has 0 radical (unpaired) electrons. The van der Waals surface area contributed by atoms with Crippen LogP contribution in [0.5, 0.6) is 5.75 Å². The molecule has 2 N–H and O–H groups in total. The molecular formula is C14H18F5N3O. The molecule has 9 heteroatoms. The lowest BCUT2D eigenvalue weighted by Gasteiger charge is -2.13. The van der Waals surface area contributed by atoms with Crippen LogP contribution < -0.4 is 15.4 Å². The van der Waals surface area contributed by atoms with Crippen molar-refractivity contribution < 1.29 is 26.7 Å². The van der Waals surface area contributed by atoms with E-state index in [9.17, 15) is 22.0 Å². The largest absolute Gasteiger partial charge is 0.488 e. The summed E-state index contributed by atoms with van der Waals surface area (Å²) < 4.78 is 65.3. The molecule has 0 aliphatic rings. The zero-order valence-electron chi connectivity index (χ0n) is 12.5. The van der Waals surface area contributed by atoms with Crippen LogP contribution in [-0.4, -0.2) is 38.8 Å². The Labute approximate surface area is 130 Å². The summed E-state index contributed by atoms with van der Waals surface area (Å²) in [5, 5.41) is 5.37. The van der Waals surface area contributed by atoms with E-state index in [1.807, 2.05) is 0 Å². The van der Waals surface area contributed by atoms with Crippen molar-refractivity contribution in [2.24, 2.45) is 4.99 Å². The number of alkyl halides is 5. The van der Waals surface area contributed by atoms with Gasteiger partial charge in [-0.05, 0) is 17.7 Å². The van der Waals surface area contributed by atoms with E-state index in [4.69, 9.17) is 4.74 Å². The molecule has 1 aromatic carbocycles. The molecule has 0 atom stereocenters. The molecule has 130 valence electrons. The first-order valence-electron chi connectivity index (χ1n) is 6.81. The molecule has 0 aromatic heterocycles. The summed E-state index contributed by atoms with van der Waals surface area (Å²) in [6.07, 6.45) is -7.76. The molecule has 0 heterocycles. The number of aliphatic imine (C=N–C) groups is 1. The molecule has 0 saturated heterocycles. The molecule has 0 unspecified atom stereocenters. The van der Waals surface area contributed by atoms with E-state index in [1.54, 1.807) is 24.3 Å². The smallest absolute Gasteiger partial charge is 0.390 e. The van der Waals surface area contributed by atoms with E-state index in [0.29, 0.717) is 5.75 Å². The van der Waals surface area contributed by atoms with E-state index in [-0.39, 0.29) is 19.0 Å². The van der Waals surface area contributed by atoms with Crippen LogP contribution in [0.4, 0.5) is 22.0 Å². The normalized spacial score (nSPS) is 12.4. The van der Waals surface area contributed by atoms with Gasteiger partial charge in [-0.3, -0.25) is 4.99 Å². The molecule has 0 bridgehead atoms. The van der Waals surface area contributed by atoms with E-state index in [0.717, 1.165) is 5.56 Å². The maximum atomic E-state index is 12.1. The molecule has 0 saturated carbocycles. The molecule has 1 rings (SSSR count). The van der Waals surface area contributed by atoms with E-state index in [1.165, 1.54) is 7.05 Å². The van der Waals surface area contributed by atoms with E-state index >= 15 is 0 Å². The van der Waals surface area contributed by atoms with Gasteiger partial charge in [-0.2, -0.15) is 13.2 Å². The first-order valence-corrected chi connectivity index (χ1v) is 6.81. The third-order valence-electron chi connectivity index (χ3n) is 2.66. The zero-order chi connectivity index (χ0) is 17.3. The average molecular weight is 339 g/mol. The van der Waals surface area contributed by atoms with Gasteiger partial charge in [0.1, 0.15) is 12.4 Å². The van der Waals surface area contributed by atoms with Crippen molar-refractivity contribution in [3.63, 3.8) is 0 Å². The van der Waals surface area contributed by atoms with Crippen LogP contribution in [-0.2, 0) is 6.54 Å². The number of hydrogen-bond donors (Lipinski definition) is 2. The third kappa shape index (κ3) is 8.84. The second-order valence-corrected chi connectivity index (χ2v) is 4.57. The van der Waals surface area contributed by atoms with Crippen LogP contribution in [0.3, 0.4) is 0 Å². The summed E-state index contributed by atoms with van der Waals surface area (Å²) in [5.74, 6) is 0.512. The summed E-state index contributed by atoms with van der Waals surface area (Å²) in [4.78, 5) is 3.80. The quantitative estimate of drug-likeness (QED) is 0.456. The summed E-state index contributed by atoms with van der Waals surface area (Å²) in [6, 6.07) is 6.48. The zero-order valence-corrected chi connectivity index (χ0v) is 12.5. The Morgan fingerprint density at radius 3 is 2.61 bits per heavy atom. The molecule has 23 heavy (non-hydrogen) atoms. The number of nitrogens with zero attached hydrogens (tertiary/aromatic N) is 1. The highest BCUT2D eigenvalue weighted by molar-refractivity contribution is 5.79. The first-order chi connectivity index (χ1) is 10.8. The lowest BCUT2D eigenvalue weighted by Crippen LogP contribution is -2.38. The van der Waals surface area contributed by atoms with Crippen molar-refractivity contribution in [1.82, 2.24) is 10.6 Å². The highest BCUT2D eigenvalue weighted by Gasteiger charge is 2.26. The summed E-state index contributed by atoms with van der Waals surface area (Å²) >= 11 is 0. The van der Waals surface area contributed by atoms with Gasteiger partial charge in [-0.15, -0.1) is 0 Å². The molecule has 0 spiro atoms. The Bertz CT molecular complexity index is 505. The molecule has 0 fully saturated rings. The number of ether oxygens (including phenoxy) is 1. The SMILES string of the molecule is CN=C(NCCC(F)(F)F)NCc1cccc(OCC(F)F)c1. The Kier molecular flexibility index (Phi) is 7.56. The standard InChI is InChI=1S/C14H18F5N3O/c1-20-13(21-6-5-14(17,18)19)22-8-10-3-2-4-11(7-10)23-9-12(15)16/h2-4,7,12H,5-6,8-9H2,1H3,(H2,20,21,22). The predicted molar refractivity (Wildman–Crippen MR) is 76.8 cm³/mol. The second-order valence-electron chi connectivity index (χ2n) is 4.57. The summed E-state index contributed by atoms with van der Waals surface area (Å²) in [7, 11) is 1.44. The van der Waals surface area contributed by atoms with Crippen LogP contribution in [0.15, 0.2) is 29.3 Å². The lowest BCUT2D eigenvalue weighted by molar-refractivity contribution is -0.132. The first kappa shape index (κ1) is 19.0. The fourth-order valence-electron chi connectivity index (χ4n) is 1.63. The second kappa shape index (κ2) is 9.16. The fourth-order valence-corrected chi connectivity index (χ4v) is 1.63. The van der Waals surface area contributed by atoms with Gasteiger partial charge in [-0.1, -0.05) is 12.1 Å². The third-order valence-corrected chi connectivity index (χ3v) is 2.66. The Morgan fingerprint density at radius 2 is 2.00 bits per heavy atom. The van der Waals surface area contributed by atoms with Crippen LogP contribution in [0.25, 0.3) is 0 Å². The van der Waals surface area contributed by atoms with Gasteiger partial charge in [0, 0.05) is 20.1 Å². The number of hydrogen-bond acceptors (Lipinski definition) is 2. The van der Waals surface area contributed by atoms with Crippen molar-refractivity contribution >= 4 is 5.96 Å². The lowest BCUT2D eigenvalue weighted by atomic mass is 10.2. The van der Waals surface area contributed by atoms with Crippen LogP contribution >= 0.6 is 0 Å². The minimum Gasteiger partial charge on any atom is -0.488 e. The Morgan fingerprint density at radius 1 is 1.26 bits per heavy atom. The number of guanidine groups is 1. The monoisotopic (exact) mass is 339 g/mol. The predicted octanol–water partition coefficient (Wildman–Crippen LogP) is 2.95. The van der Waals surface area contributed by atoms with Crippen LogP contribution in [0.2, 0.25) is 0 Å². The maximum Gasteiger partial charge on any atom is 0.390 e. The summed E-state index contributed by atoms with van der Waals surface area (Å²) in [5.41, 5.74) is 0.718. The molecule has 4 nitrogen and oxygen atoms in total. The van der Waals surface area contributed by atoms with Gasteiger partial charge in [0.25, 0.3) is 6.43 Å². The fraction of sp³-hybridized carbons (Fsp3) is 0.500. The maximum absolute atomic E-state index is 12.1. The minimum absolute atomic E-state index is 0.216. The van der Waals surface area contributed by atoms with E-state index < -0.39 is 25.6 Å². The van der Waals surface area contributed by atoms with E-state index in [2.05, 4.69) is 15.6 Å². The average Bonchev–Trinajstić information content (AvgIpc) is 2.48. The van der Waals surface area contributed by atoms with Crippen molar-refractivity contribution in [3.8, 4) is 5.75 Å². The van der Waals surface area contributed by atoms with Crippen LogP contribution in [0, 0.1) is 0 Å². The van der Waals surface area contributed by atoms with Crippen molar-refractivity contribution in [2.45, 2.75) is 25.6 Å². The molecular weight excluding hydrogens is 321 g/mol. The number of rotatable bonds is 7. The summed E-state index contributed by atoms with van der Waals surface area (Å²) in [6.45, 7) is -0.726. The van der Waals surface area contributed by atoms with Gasteiger partial charge in [0.2, 0.25) is 0 Å². The molecule has 0 amide bonds. The number of nitrogens with one attached hydrogen (secondary N) is 2. The van der Waals surface area contributed by atoms with Gasteiger partial charge in [0.05, 0.1) is 6.42 Å². The number of halogens is 5. The van der Waals surface area contributed by atoms with Gasteiger partial charge in [-0.25, -0.2) is 8.78 Å². The van der Waals surface area contributed by atoms with Gasteiger partial charge < -0.3 is 15.4 Å².